The summed E-state index contributed by atoms with van der Waals surface area (Å²) in [6.45, 7) is 4.52. The van der Waals surface area contributed by atoms with E-state index in [-0.39, 0.29) is 44.1 Å². The van der Waals surface area contributed by atoms with Crippen LogP contribution in [0.15, 0.2) is 0 Å². The Kier molecular flexibility index (Phi) is 6.12. The minimum atomic E-state index is 0. The topological polar surface area (TPSA) is 14.1 Å². The van der Waals surface area contributed by atoms with Gasteiger partial charge in [0.05, 0.1) is 0 Å². The van der Waals surface area contributed by atoms with Crippen molar-refractivity contribution in [3.8, 4) is 0 Å². The zero-order valence-electron chi connectivity index (χ0n) is 5.43. The minimum absolute atomic E-state index is 0. The zero-order chi connectivity index (χ0) is 5.11. The van der Waals surface area contributed by atoms with Crippen LogP contribution in [0.1, 0.15) is 19.8 Å². The molecular formula is C6H12AcN-. The van der Waals surface area contributed by atoms with Crippen molar-refractivity contribution in [2.24, 2.45) is 5.92 Å². The Morgan fingerprint density at radius 1 is 1.25 bits per heavy atom. The van der Waals surface area contributed by atoms with Crippen molar-refractivity contribution < 1.29 is 44.1 Å². The summed E-state index contributed by atoms with van der Waals surface area (Å²) in [5.74, 6) is 0.942. The van der Waals surface area contributed by atoms with Crippen molar-refractivity contribution in [2.75, 3.05) is 13.1 Å². The number of nitrogens with zero attached hydrogens (tertiary/aromatic N) is 1. The Balaban J connectivity index is 0.000000490. The van der Waals surface area contributed by atoms with Gasteiger partial charge in [-0.15, -0.1) is 13.1 Å². The Labute approximate surface area is 87.2 Å². The van der Waals surface area contributed by atoms with Gasteiger partial charge in [-0.1, -0.05) is 19.8 Å². The number of piperidine rings is 1. The molecule has 0 unspecified atom stereocenters. The largest absolute Gasteiger partial charge is 0.662 e. The molecule has 0 aromatic heterocycles. The van der Waals surface area contributed by atoms with Crippen molar-refractivity contribution in [3.05, 3.63) is 5.32 Å². The molecule has 1 aliphatic rings. The van der Waals surface area contributed by atoms with Gasteiger partial charge in [-0.25, -0.2) is 0 Å². The first kappa shape index (κ1) is 9.40. The van der Waals surface area contributed by atoms with Gasteiger partial charge in [-0.05, 0) is 5.92 Å². The summed E-state index contributed by atoms with van der Waals surface area (Å²) in [4.78, 5) is 0. The van der Waals surface area contributed by atoms with Gasteiger partial charge in [0, 0.05) is 44.1 Å². The average molecular weight is 325 g/mol. The van der Waals surface area contributed by atoms with Crippen LogP contribution in [-0.4, -0.2) is 13.1 Å². The molecule has 0 atom stereocenters. The molecule has 45 valence electrons. The molecule has 0 aromatic carbocycles. The van der Waals surface area contributed by atoms with E-state index in [0.717, 1.165) is 19.0 Å². The molecule has 0 amide bonds. The van der Waals surface area contributed by atoms with E-state index < -0.39 is 0 Å². The number of rotatable bonds is 0. The van der Waals surface area contributed by atoms with E-state index in [2.05, 4.69) is 12.2 Å². The summed E-state index contributed by atoms with van der Waals surface area (Å²) in [5, 5.41) is 4.23. The summed E-state index contributed by atoms with van der Waals surface area (Å²) < 4.78 is 0. The molecule has 1 radical (unpaired) electrons. The van der Waals surface area contributed by atoms with Crippen LogP contribution in [-0.2, 0) is 0 Å². The van der Waals surface area contributed by atoms with Gasteiger partial charge >= 0.3 is 0 Å². The molecule has 1 saturated heterocycles. The fraction of sp³-hybridized carbons (Fsp3) is 1.00. The van der Waals surface area contributed by atoms with Crippen LogP contribution < -0.4 is 0 Å². The smallest absolute Gasteiger partial charge is 0 e. The van der Waals surface area contributed by atoms with Crippen molar-refractivity contribution in [3.63, 3.8) is 0 Å². The summed E-state index contributed by atoms with van der Waals surface area (Å²) in [6, 6.07) is 0. The maximum absolute atomic E-state index is 4.23. The molecular weight excluding hydrogens is 313 g/mol. The van der Waals surface area contributed by atoms with E-state index in [1.54, 1.807) is 0 Å². The summed E-state index contributed by atoms with van der Waals surface area (Å²) in [7, 11) is 0. The van der Waals surface area contributed by atoms with Gasteiger partial charge in [-0.3, -0.25) is 0 Å². The van der Waals surface area contributed by atoms with Crippen molar-refractivity contribution in [1.29, 1.82) is 0 Å². The predicted molar refractivity (Wildman–Crippen MR) is 31.5 cm³/mol. The van der Waals surface area contributed by atoms with E-state index >= 15 is 0 Å². The van der Waals surface area contributed by atoms with Crippen LogP contribution in [0.4, 0.5) is 0 Å². The van der Waals surface area contributed by atoms with E-state index in [1.165, 1.54) is 12.8 Å². The quantitative estimate of drug-likeness (QED) is 0.645. The van der Waals surface area contributed by atoms with Crippen LogP contribution in [0.5, 0.6) is 0 Å². The second-order valence-electron chi connectivity index (χ2n) is 2.35. The van der Waals surface area contributed by atoms with Crippen molar-refractivity contribution in [2.45, 2.75) is 19.8 Å². The Hall–Kier alpha value is 1.40. The fourth-order valence-electron chi connectivity index (χ4n) is 0.879. The van der Waals surface area contributed by atoms with E-state index in [4.69, 9.17) is 0 Å². The molecule has 1 aliphatic heterocycles. The van der Waals surface area contributed by atoms with Gasteiger partial charge in [-0.2, -0.15) is 0 Å². The van der Waals surface area contributed by atoms with E-state index in [1.807, 2.05) is 0 Å². The number of hydrogen-bond donors (Lipinski definition) is 0. The fourth-order valence-corrected chi connectivity index (χ4v) is 0.879. The first-order valence-electron chi connectivity index (χ1n) is 3.03. The first-order chi connectivity index (χ1) is 3.39. The minimum Gasteiger partial charge on any atom is -0.662 e. The third-order valence-corrected chi connectivity index (χ3v) is 1.56. The normalized spacial score (nSPS) is 22.1. The van der Waals surface area contributed by atoms with Crippen LogP contribution in [0.25, 0.3) is 5.32 Å². The molecule has 1 fully saturated rings. The van der Waals surface area contributed by atoms with Gasteiger partial charge in [0.2, 0.25) is 0 Å². The Morgan fingerprint density at radius 2 is 1.75 bits per heavy atom. The van der Waals surface area contributed by atoms with Crippen LogP contribution >= 0.6 is 0 Å². The predicted octanol–water partition coefficient (Wildman–Crippen LogP) is 1.79. The molecule has 1 nitrogen and oxygen atoms in total. The van der Waals surface area contributed by atoms with E-state index in [0.29, 0.717) is 0 Å². The second kappa shape index (κ2) is 5.21. The molecule has 0 saturated carbocycles. The van der Waals surface area contributed by atoms with Crippen LogP contribution in [0.2, 0.25) is 0 Å². The standard InChI is InChI=1S/C6H12N.Ac/c1-6-2-4-7-5-3-6;/h6H,2-5H2,1H3;/q-1;. The van der Waals surface area contributed by atoms with Crippen molar-refractivity contribution >= 4 is 0 Å². The van der Waals surface area contributed by atoms with Gasteiger partial charge < -0.3 is 5.32 Å². The molecule has 8 heavy (non-hydrogen) atoms. The maximum Gasteiger partial charge on any atom is 0 e. The molecule has 0 spiro atoms. The van der Waals surface area contributed by atoms with Gasteiger partial charge in [0.1, 0.15) is 0 Å². The molecule has 0 bridgehead atoms. The molecule has 1 rings (SSSR count). The van der Waals surface area contributed by atoms with Gasteiger partial charge in [0.25, 0.3) is 0 Å². The van der Waals surface area contributed by atoms with Crippen LogP contribution in [0, 0.1) is 50.0 Å². The van der Waals surface area contributed by atoms with Crippen LogP contribution in [0.3, 0.4) is 0 Å². The van der Waals surface area contributed by atoms with E-state index in [9.17, 15) is 0 Å². The second-order valence-corrected chi connectivity index (χ2v) is 2.35. The van der Waals surface area contributed by atoms with Crippen molar-refractivity contribution in [1.82, 2.24) is 0 Å². The monoisotopic (exact) mass is 325 g/mol. The third-order valence-electron chi connectivity index (χ3n) is 1.56. The summed E-state index contributed by atoms with van der Waals surface area (Å²) >= 11 is 0. The molecule has 1 heterocycles. The summed E-state index contributed by atoms with van der Waals surface area (Å²) in [5.41, 5.74) is 0. The average Bonchev–Trinajstić information content (AvgIpc) is 1.69. The summed E-state index contributed by atoms with van der Waals surface area (Å²) in [6.07, 6.45) is 2.64. The third kappa shape index (κ3) is 3.43. The molecule has 2 heteroatoms. The molecule has 0 N–H and O–H groups in total. The number of hydrogen-bond acceptors (Lipinski definition) is 0. The zero-order valence-corrected chi connectivity index (χ0v) is 10.2. The maximum atomic E-state index is 4.23. The molecule has 0 aliphatic carbocycles. The van der Waals surface area contributed by atoms with Gasteiger partial charge in [0.15, 0.2) is 0 Å². The molecule has 0 aromatic rings. The SMILES string of the molecule is CC1CC[N-]CC1.[Ac]. The first-order valence-corrected chi connectivity index (χ1v) is 3.03. The Bertz CT molecular complexity index is 50.5. The Morgan fingerprint density at radius 3 is 2.00 bits per heavy atom.